The molecule has 15 heavy (non-hydrogen) atoms. The quantitative estimate of drug-likeness (QED) is 0.769. The van der Waals surface area contributed by atoms with Gasteiger partial charge in [-0.05, 0) is 20.5 Å². The molecule has 0 aliphatic rings. The van der Waals surface area contributed by atoms with Crippen LogP contribution in [0.15, 0.2) is 6.33 Å². The zero-order valence-corrected chi connectivity index (χ0v) is 9.53. The summed E-state index contributed by atoms with van der Waals surface area (Å²) in [7, 11) is 4.00. The first kappa shape index (κ1) is 11.7. The lowest BCUT2D eigenvalue weighted by atomic mass is 10.2. The van der Waals surface area contributed by atoms with Crippen molar-refractivity contribution in [3.05, 3.63) is 11.9 Å². The lowest BCUT2D eigenvalue weighted by molar-refractivity contribution is 0.251. The second-order valence-corrected chi connectivity index (χ2v) is 3.55. The highest BCUT2D eigenvalue weighted by Crippen LogP contribution is 2.19. The van der Waals surface area contributed by atoms with Gasteiger partial charge in [0, 0.05) is 6.54 Å². The molecule has 1 aromatic rings. The second-order valence-electron chi connectivity index (χ2n) is 3.55. The van der Waals surface area contributed by atoms with E-state index < -0.39 is 0 Å². The summed E-state index contributed by atoms with van der Waals surface area (Å²) in [6.07, 6.45) is 2.21. The number of rotatable bonds is 5. The van der Waals surface area contributed by atoms with Gasteiger partial charge in [-0.15, -0.1) is 0 Å². The van der Waals surface area contributed by atoms with Gasteiger partial charge in [0.1, 0.15) is 18.8 Å². The first-order chi connectivity index (χ1) is 7.15. The number of hydrogen-bond acceptors (Lipinski definition) is 5. The van der Waals surface area contributed by atoms with Crippen LogP contribution in [0.25, 0.3) is 0 Å². The Morgan fingerprint density at radius 2 is 2.13 bits per heavy atom. The van der Waals surface area contributed by atoms with E-state index in [-0.39, 0.29) is 0 Å². The van der Waals surface area contributed by atoms with E-state index in [1.165, 1.54) is 6.33 Å². The standard InChI is InChI=1S/C10H18N4O/c1-4-8-9(11)12-7-13-10(8)15-6-5-14(2)3/h7H,4-6H2,1-3H3,(H2,11,12,13). The lowest BCUT2D eigenvalue weighted by Gasteiger charge is -2.12. The minimum atomic E-state index is 0.507. The molecule has 1 aromatic heterocycles. The Bertz CT molecular complexity index is 314. The third-order valence-electron chi connectivity index (χ3n) is 2.07. The molecule has 84 valence electrons. The van der Waals surface area contributed by atoms with Crippen LogP contribution < -0.4 is 10.5 Å². The normalized spacial score (nSPS) is 10.7. The maximum Gasteiger partial charge on any atom is 0.221 e. The van der Waals surface area contributed by atoms with Crippen molar-refractivity contribution in [1.82, 2.24) is 14.9 Å². The van der Waals surface area contributed by atoms with Gasteiger partial charge in [-0.1, -0.05) is 6.92 Å². The molecule has 0 aliphatic heterocycles. The molecule has 0 saturated carbocycles. The Hall–Kier alpha value is -1.36. The van der Waals surface area contributed by atoms with E-state index in [4.69, 9.17) is 10.5 Å². The average molecular weight is 210 g/mol. The molecular formula is C10H18N4O. The van der Waals surface area contributed by atoms with Gasteiger partial charge in [0.25, 0.3) is 0 Å². The summed E-state index contributed by atoms with van der Waals surface area (Å²) in [5.74, 6) is 1.11. The molecule has 0 spiro atoms. The van der Waals surface area contributed by atoms with Crippen molar-refractivity contribution in [3.8, 4) is 5.88 Å². The number of hydrogen-bond donors (Lipinski definition) is 1. The van der Waals surface area contributed by atoms with Crippen LogP contribution in [0.2, 0.25) is 0 Å². The summed E-state index contributed by atoms with van der Waals surface area (Å²) in [5, 5.41) is 0. The van der Waals surface area contributed by atoms with Crippen LogP contribution >= 0.6 is 0 Å². The zero-order chi connectivity index (χ0) is 11.3. The Kier molecular flexibility index (Phi) is 4.30. The number of nitrogen functional groups attached to an aromatic ring is 1. The van der Waals surface area contributed by atoms with Gasteiger partial charge >= 0.3 is 0 Å². The summed E-state index contributed by atoms with van der Waals surface area (Å²) >= 11 is 0. The number of nitrogens with two attached hydrogens (primary N) is 1. The summed E-state index contributed by atoms with van der Waals surface area (Å²) in [5.41, 5.74) is 6.61. The first-order valence-electron chi connectivity index (χ1n) is 5.02. The van der Waals surface area contributed by atoms with Gasteiger partial charge in [0.2, 0.25) is 5.88 Å². The molecule has 5 nitrogen and oxygen atoms in total. The van der Waals surface area contributed by atoms with Crippen LogP contribution in [0.5, 0.6) is 5.88 Å². The van der Waals surface area contributed by atoms with Gasteiger partial charge in [0.05, 0.1) is 5.56 Å². The van der Waals surface area contributed by atoms with E-state index >= 15 is 0 Å². The van der Waals surface area contributed by atoms with Crippen molar-refractivity contribution in [3.63, 3.8) is 0 Å². The molecule has 0 aliphatic carbocycles. The Morgan fingerprint density at radius 3 is 2.73 bits per heavy atom. The molecule has 5 heteroatoms. The Balaban J connectivity index is 2.64. The number of aromatic nitrogens is 2. The predicted molar refractivity (Wildman–Crippen MR) is 59.9 cm³/mol. The third kappa shape index (κ3) is 3.36. The SMILES string of the molecule is CCc1c(N)ncnc1OCCN(C)C. The van der Waals surface area contributed by atoms with Crippen LogP contribution in [-0.2, 0) is 6.42 Å². The van der Waals surface area contributed by atoms with Gasteiger partial charge < -0.3 is 15.4 Å². The molecular weight excluding hydrogens is 192 g/mol. The molecule has 0 saturated heterocycles. The van der Waals surface area contributed by atoms with Crippen LogP contribution in [0.1, 0.15) is 12.5 Å². The highest BCUT2D eigenvalue weighted by atomic mass is 16.5. The zero-order valence-electron chi connectivity index (χ0n) is 9.53. The fourth-order valence-electron chi connectivity index (χ4n) is 1.19. The van der Waals surface area contributed by atoms with Crippen molar-refractivity contribution in [2.45, 2.75) is 13.3 Å². The molecule has 1 rings (SSSR count). The molecule has 1 heterocycles. The summed E-state index contributed by atoms with van der Waals surface area (Å²) in [4.78, 5) is 10.1. The van der Waals surface area contributed by atoms with Gasteiger partial charge in [-0.3, -0.25) is 0 Å². The van der Waals surface area contributed by atoms with Crippen LogP contribution in [0.4, 0.5) is 5.82 Å². The van der Waals surface area contributed by atoms with Gasteiger partial charge in [0.15, 0.2) is 0 Å². The highest BCUT2D eigenvalue weighted by Gasteiger charge is 2.07. The van der Waals surface area contributed by atoms with Crippen molar-refractivity contribution in [2.24, 2.45) is 0 Å². The number of nitrogens with zero attached hydrogens (tertiary/aromatic N) is 3. The second kappa shape index (κ2) is 5.50. The fourth-order valence-corrected chi connectivity index (χ4v) is 1.19. The Morgan fingerprint density at radius 1 is 1.40 bits per heavy atom. The molecule has 0 aromatic carbocycles. The lowest BCUT2D eigenvalue weighted by Crippen LogP contribution is -2.20. The van der Waals surface area contributed by atoms with Crippen LogP contribution in [0.3, 0.4) is 0 Å². The van der Waals surface area contributed by atoms with Crippen LogP contribution in [0, 0.1) is 0 Å². The van der Waals surface area contributed by atoms with Crippen molar-refractivity contribution >= 4 is 5.82 Å². The largest absolute Gasteiger partial charge is 0.476 e. The summed E-state index contributed by atoms with van der Waals surface area (Å²) in [6.45, 7) is 3.47. The maximum absolute atomic E-state index is 5.72. The van der Waals surface area contributed by atoms with E-state index in [0.29, 0.717) is 18.3 Å². The topological polar surface area (TPSA) is 64.3 Å². The first-order valence-corrected chi connectivity index (χ1v) is 5.02. The van der Waals surface area contributed by atoms with Crippen molar-refractivity contribution in [1.29, 1.82) is 0 Å². The highest BCUT2D eigenvalue weighted by molar-refractivity contribution is 5.44. The van der Waals surface area contributed by atoms with E-state index in [1.54, 1.807) is 0 Å². The number of likely N-dealkylation sites (N-methyl/N-ethyl adjacent to an activating group) is 1. The molecule has 0 radical (unpaired) electrons. The Labute approximate surface area is 90.3 Å². The fraction of sp³-hybridized carbons (Fsp3) is 0.600. The smallest absolute Gasteiger partial charge is 0.221 e. The van der Waals surface area contributed by atoms with Gasteiger partial charge in [-0.2, -0.15) is 0 Å². The minimum Gasteiger partial charge on any atom is -0.476 e. The molecule has 2 N–H and O–H groups in total. The molecule has 0 fully saturated rings. The molecule has 0 amide bonds. The molecule has 0 bridgehead atoms. The van der Waals surface area contributed by atoms with E-state index in [2.05, 4.69) is 14.9 Å². The van der Waals surface area contributed by atoms with Crippen molar-refractivity contribution < 1.29 is 4.74 Å². The maximum atomic E-state index is 5.72. The number of anilines is 1. The summed E-state index contributed by atoms with van der Waals surface area (Å²) in [6, 6.07) is 0. The number of ether oxygens (including phenoxy) is 1. The van der Waals surface area contributed by atoms with E-state index in [1.807, 2.05) is 21.0 Å². The molecule has 0 unspecified atom stereocenters. The van der Waals surface area contributed by atoms with Gasteiger partial charge in [-0.25, -0.2) is 9.97 Å². The monoisotopic (exact) mass is 210 g/mol. The van der Waals surface area contributed by atoms with E-state index in [0.717, 1.165) is 18.5 Å². The van der Waals surface area contributed by atoms with E-state index in [9.17, 15) is 0 Å². The van der Waals surface area contributed by atoms with Crippen LogP contribution in [-0.4, -0.2) is 42.1 Å². The van der Waals surface area contributed by atoms with Crippen molar-refractivity contribution in [2.75, 3.05) is 33.0 Å². The molecule has 0 atom stereocenters. The predicted octanol–water partition coefficient (Wildman–Crippen LogP) is 0.562. The summed E-state index contributed by atoms with van der Waals surface area (Å²) < 4.78 is 5.55. The average Bonchev–Trinajstić information content (AvgIpc) is 2.17. The third-order valence-corrected chi connectivity index (χ3v) is 2.07. The minimum absolute atomic E-state index is 0.507.